The number of thiophene rings is 3. The summed E-state index contributed by atoms with van der Waals surface area (Å²) in [5, 5.41) is 23.5. The van der Waals surface area contributed by atoms with Crippen molar-refractivity contribution in [3.63, 3.8) is 0 Å². The Kier molecular flexibility index (Phi) is 14.1. The normalized spacial score (nSPS) is 38.8. The van der Waals surface area contributed by atoms with Gasteiger partial charge in [0.2, 0.25) is 0 Å². The first kappa shape index (κ1) is 53.8. The van der Waals surface area contributed by atoms with Crippen molar-refractivity contribution in [1.82, 2.24) is 21.3 Å². The molecule has 18 aliphatic rings. The Morgan fingerprint density at radius 3 is 1.02 bits per heavy atom. The Labute approximate surface area is 509 Å². The van der Waals surface area contributed by atoms with Gasteiger partial charge >= 0.3 is 0 Å². The molecule has 6 aromatic rings. The SMILES string of the molecule is C1=C(CNC23CC4CC(CC(C4)C2)C3)Cc2ccccc21.C1=C(CNC23CC4CC(CC(C4)C2)C3)Cc2ccccc21.c1ccc2sc(CNC34CC5CC(CC(C5)C3)C4)cc2c1.c1scc2sc(CNC34CC5CC(CC(C5)C3)C4)cc12. The number of fused-ring (bicyclic) bond motifs is 4. The highest BCUT2D eigenvalue weighted by atomic mass is 32.1. The average Bonchev–Trinajstić information content (AvgIpc) is 3.89. The van der Waals surface area contributed by atoms with Crippen LogP contribution in [0.4, 0.5) is 0 Å². The monoisotopic (exact) mass is 1160 g/mol. The van der Waals surface area contributed by atoms with E-state index in [1.165, 1.54) is 206 Å². The van der Waals surface area contributed by atoms with Gasteiger partial charge in [0.15, 0.2) is 0 Å². The summed E-state index contributed by atoms with van der Waals surface area (Å²) in [7, 11) is 0. The molecule has 83 heavy (non-hydrogen) atoms. The molecule has 16 saturated carbocycles. The summed E-state index contributed by atoms with van der Waals surface area (Å²) >= 11 is 5.77. The standard InChI is InChI=1S/2C20H25N.C19H23NS.C17H21NS2/c2*1-2-4-19-9-17(8-18(19)3-1)13-21-20-10-14-5-15(11-20)7-16(6-14)12-20;1-2-4-18-16(3-1)8-17(21-18)12-20-19-9-13-5-14(10-19)7-15(6-13)11-19;1-11-2-13-3-12(1)6-17(5-11,7-13)18-8-15-4-14-9-19-10-16(14)20-15/h2*1-4,8,14-16,21H,5-7,9-13H2;1-4,8,13-15,20H,5-7,9-12H2;4,9-13,18H,1-3,5-8H2. The highest BCUT2D eigenvalue weighted by Crippen LogP contribution is 2.59. The molecule has 7 heteroatoms. The van der Waals surface area contributed by atoms with Crippen molar-refractivity contribution in [2.45, 2.75) is 202 Å². The summed E-state index contributed by atoms with van der Waals surface area (Å²) in [6, 6.07) is 31.3. The fourth-order valence-corrected chi connectivity index (χ4v) is 26.4. The second-order valence-corrected chi connectivity index (χ2v) is 34.8. The number of benzene rings is 3. The molecule has 16 fully saturated rings. The number of nitrogens with one attached hydrogen (secondary N) is 4. The Morgan fingerprint density at radius 2 is 0.663 bits per heavy atom. The summed E-state index contributed by atoms with van der Waals surface area (Å²) in [4.78, 5) is 3.03. The maximum atomic E-state index is 4.04. The second kappa shape index (κ2) is 21.7. The highest BCUT2D eigenvalue weighted by Gasteiger charge is 2.54. The van der Waals surface area contributed by atoms with Gasteiger partial charge in [-0.3, -0.25) is 0 Å². The van der Waals surface area contributed by atoms with Crippen LogP contribution in [-0.2, 0) is 25.9 Å². The smallest absolute Gasteiger partial charge is 0.0453 e. The number of hydrogen-bond acceptors (Lipinski definition) is 7. The molecule has 24 rings (SSSR count). The minimum Gasteiger partial charge on any atom is -0.307 e. The maximum Gasteiger partial charge on any atom is 0.0453 e. The molecule has 0 atom stereocenters. The zero-order chi connectivity index (χ0) is 54.7. The van der Waals surface area contributed by atoms with Gasteiger partial charge in [-0.1, -0.05) is 90.0 Å². The van der Waals surface area contributed by atoms with Crippen LogP contribution in [0.15, 0.2) is 107 Å². The molecule has 4 N–H and O–H groups in total. The van der Waals surface area contributed by atoms with Crippen molar-refractivity contribution in [2.75, 3.05) is 13.1 Å². The van der Waals surface area contributed by atoms with Gasteiger partial charge in [0.1, 0.15) is 0 Å². The first-order chi connectivity index (χ1) is 40.6. The van der Waals surface area contributed by atoms with Crippen LogP contribution in [0.1, 0.15) is 186 Å². The van der Waals surface area contributed by atoms with E-state index in [9.17, 15) is 0 Å². The van der Waals surface area contributed by atoms with Crippen molar-refractivity contribution in [1.29, 1.82) is 0 Å². The molecule has 3 heterocycles. The van der Waals surface area contributed by atoms with Crippen molar-refractivity contribution in [2.24, 2.45) is 71.0 Å². The van der Waals surface area contributed by atoms with Gasteiger partial charge in [0, 0.05) is 78.3 Å². The number of rotatable bonds is 12. The summed E-state index contributed by atoms with van der Waals surface area (Å²) in [6.07, 6.45) is 43.0. The van der Waals surface area contributed by atoms with Gasteiger partial charge < -0.3 is 21.3 Å². The van der Waals surface area contributed by atoms with Crippen LogP contribution in [0.25, 0.3) is 32.3 Å². The lowest BCUT2D eigenvalue weighted by atomic mass is 9.53. The summed E-state index contributed by atoms with van der Waals surface area (Å²) < 4.78 is 2.90. The quantitative estimate of drug-likeness (QED) is 0.0986. The van der Waals surface area contributed by atoms with Crippen LogP contribution in [-0.4, -0.2) is 35.2 Å². The third-order valence-corrected chi connectivity index (χ3v) is 28.3. The van der Waals surface area contributed by atoms with E-state index in [1.54, 1.807) is 11.1 Å². The Hall–Kier alpha value is -3.40. The van der Waals surface area contributed by atoms with E-state index in [-0.39, 0.29) is 0 Å². The van der Waals surface area contributed by atoms with E-state index in [0.717, 1.165) is 110 Å². The number of hydrogen-bond donors (Lipinski definition) is 4. The lowest BCUT2D eigenvalue weighted by Gasteiger charge is -2.57. The van der Waals surface area contributed by atoms with E-state index in [4.69, 9.17) is 0 Å². The predicted octanol–water partition coefficient (Wildman–Crippen LogP) is 18.3. The van der Waals surface area contributed by atoms with E-state index in [2.05, 4.69) is 129 Å². The van der Waals surface area contributed by atoms with Crippen LogP contribution in [0, 0.1) is 71.0 Å². The molecule has 16 bridgehead atoms. The van der Waals surface area contributed by atoms with Crippen LogP contribution in [0.5, 0.6) is 0 Å². The predicted molar refractivity (Wildman–Crippen MR) is 351 cm³/mol. The molecule has 18 aliphatic carbocycles. The van der Waals surface area contributed by atoms with Crippen LogP contribution in [0.2, 0.25) is 0 Å². The topological polar surface area (TPSA) is 48.1 Å². The average molecular weight is 1160 g/mol. The summed E-state index contributed by atoms with van der Waals surface area (Å²) in [5.41, 5.74) is 11.1. The lowest BCUT2D eigenvalue weighted by Crippen LogP contribution is -2.58. The van der Waals surface area contributed by atoms with Crippen LogP contribution < -0.4 is 21.3 Å². The van der Waals surface area contributed by atoms with Crippen molar-refractivity contribution in [3.05, 3.63) is 139 Å². The Balaban J connectivity index is 0.0000000875. The van der Waals surface area contributed by atoms with Gasteiger partial charge in [-0.05, 0) is 289 Å². The van der Waals surface area contributed by atoms with Gasteiger partial charge in [0.05, 0.1) is 0 Å². The molecule has 0 unspecified atom stereocenters. The summed E-state index contributed by atoms with van der Waals surface area (Å²) in [6.45, 7) is 4.39. The van der Waals surface area contributed by atoms with Gasteiger partial charge in [-0.25, -0.2) is 0 Å². The molecule has 0 spiro atoms. The van der Waals surface area contributed by atoms with E-state index >= 15 is 0 Å². The van der Waals surface area contributed by atoms with Crippen molar-refractivity contribution in [3.8, 4) is 0 Å². The fraction of sp³-hybridized carbons (Fsp3) is 0.605. The zero-order valence-corrected chi connectivity index (χ0v) is 52.2. The van der Waals surface area contributed by atoms with Gasteiger partial charge in [-0.15, -0.1) is 22.7 Å². The minimum atomic E-state index is 0.491. The molecule has 0 saturated heterocycles. The van der Waals surface area contributed by atoms with Crippen LogP contribution in [0.3, 0.4) is 0 Å². The lowest BCUT2D eigenvalue weighted by molar-refractivity contribution is -0.0206. The largest absolute Gasteiger partial charge is 0.307 e. The van der Waals surface area contributed by atoms with E-state index in [0.29, 0.717) is 22.2 Å². The molecule has 3 aromatic heterocycles. The maximum absolute atomic E-state index is 4.04. The third kappa shape index (κ3) is 11.1. The molecule has 0 radical (unpaired) electrons. The molecule has 3 aromatic carbocycles. The van der Waals surface area contributed by atoms with Gasteiger partial charge in [0.25, 0.3) is 0 Å². The van der Waals surface area contributed by atoms with Crippen molar-refractivity contribution >= 4 is 66.3 Å². The molecule has 4 nitrogen and oxygen atoms in total. The summed E-state index contributed by atoms with van der Waals surface area (Å²) in [5.74, 6) is 12.5. The fourth-order valence-electron chi connectivity index (χ4n) is 23.4. The Morgan fingerprint density at radius 1 is 0.337 bits per heavy atom. The second-order valence-electron chi connectivity index (χ2n) is 31.7. The Bertz CT molecular complexity index is 3090. The molecular weight excluding hydrogens is 1070 g/mol. The first-order valence-corrected chi connectivity index (χ1v) is 36.7. The minimum absolute atomic E-state index is 0.491. The van der Waals surface area contributed by atoms with Crippen LogP contribution >= 0.6 is 34.0 Å². The zero-order valence-electron chi connectivity index (χ0n) is 49.8. The van der Waals surface area contributed by atoms with E-state index < -0.39 is 0 Å². The highest BCUT2D eigenvalue weighted by molar-refractivity contribution is 7.22. The molecular formula is C76H94N4S3. The first-order valence-electron chi connectivity index (χ1n) is 34.1. The third-order valence-electron chi connectivity index (χ3n) is 25.2. The van der Waals surface area contributed by atoms with Gasteiger partial charge in [-0.2, -0.15) is 11.3 Å². The van der Waals surface area contributed by atoms with E-state index in [1.807, 2.05) is 34.0 Å². The van der Waals surface area contributed by atoms with Crippen molar-refractivity contribution < 1.29 is 0 Å². The molecule has 0 amide bonds. The molecule has 436 valence electrons. The molecule has 0 aliphatic heterocycles.